The van der Waals surface area contributed by atoms with Crippen LogP contribution in [0.3, 0.4) is 0 Å². The smallest absolute Gasteiger partial charge is 0.193 e. The lowest BCUT2D eigenvalue weighted by molar-refractivity contribution is 0.402. The lowest BCUT2D eigenvalue weighted by Crippen LogP contribution is -2.42. The average Bonchev–Trinajstić information content (AvgIpc) is 3.35. The number of rotatable bonds is 6. The van der Waals surface area contributed by atoms with Crippen LogP contribution in [0.5, 0.6) is 5.75 Å². The standard InChI is InChI=1S/C20H27ClN4O.HI/c1-22-19(25(3)13-16-11-15(21)12-24(16)2)23-14-20(9-10-20)17-7-5-6-8-18(17)26-4;/h5-8,11-12H,9-10,13-14H2,1-4H3,(H,22,23);1H. The van der Waals surface area contributed by atoms with Crippen LogP contribution in [0.1, 0.15) is 24.1 Å². The number of halogens is 2. The first-order valence-electron chi connectivity index (χ1n) is 8.85. The SMILES string of the molecule is CN=C(NCC1(c2ccccc2OC)CC1)N(C)Cc1cc(Cl)cn1C.I. The van der Waals surface area contributed by atoms with E-state index >= 15 is 0 Å². The molecule has 27 heavy (non-hydrogen) atoms. The van der Waals surface area contributed by atoms with Crippen molar-refractivity contribution < 1.29 is 4.74 Å². The Labute approximate surface area is 183 Å². The number of benzene rings is 1. The Morgan fingerprint density at radius 2 is 2.07 bits per heavy atom. The molecule has 0 spiro atoms. The second-order valence-electron chi connectivity index (χ2n) is 7.00. The van der Waals surface area contributed by atoms with Crippen LogP contribution in [0.15, 0.2) is 41.5 Å². The molecule has 1 N–H and O–H groups in total. The van der Waals surface area contributed by atoms with Crippen molar-refractivity contribution >= 4 is 41.5 Å². The number of aromatic nitrogens is 1. The molecule has 1 aliphatic carbocycles. The maximum absolute atomic E-state index is 6.09. The number of ether oxygens (including phenoxy) is 1. The van der Waals surface area contributed by atoms with Gasteiger partial charge in [0, 0.05) is 50.6 Å². The normalized spacial score (nSPS) is 15.1. The van der Waals surface area contributed by atoms with E-state index in [1.165, 1.54) is 5.56 Å². The van der Waals surface area contributed by atoms with Gasteiger partial charge in [0.1, 0.15) is 5.75 Å². The van der Waals surface area contributed by atoms with Crippen LogP contribution in [-0.2, 0) is 19.0 Å². The molecule has 1 heterocycles. The zero-order valence-corrected chi connectivity index (χ0v) is 19.4. The third kappa shape index (κ3) is 4.90. The van der Waals surface area contributed by atoms with Gasteiger partial charge in [-0.2, -0.15) is 0 Å². The highest BCUT2D eigenvalue weighted by Gasteiger charge is 2.46. The molecule has 1 aromatic carbocycles. The van der Waals surface area contributed by atoms with Gasteiger partial charge in [0.05, 0.1) is 18.7 Å². The number of hydrogen-bond acceptors (Lipinski definition) is 2. The fraction of sp³-hybridized carbons (Fsp3) is 0.450. The lowest BCUT2D eigenvalue weighted by Gasteiger charge is -2.25. The Balaban J connectivity index is 0.00000261. The number of nitrogens with zero attached hydrogens (tertiary/aromatic N) is 3. The highest BCUT2D eigenvalue weighted by molar-refractivity contribution is 14.0. The van der Waals surface area contributed by atoms with Crippen LogP contribution < -0.4 is 10.1 Å². The molecule has 1 aliphatic rings. The maximum atomic E-state index is 6.09. The molecule has 0 radical (unpaired) electrons. The summed E-state index contributed by atoms with van der Waals surface area (Å²) in [6.45, 7) is 1.59. The molecule has 3 rings (SSSR count). The Morgan fingerprint density at radius 1 is 1.37 bits per heavy atom. The van der Waals surface area contributed by atoms with E-state index < -0.39 is 0 Å². The van der Waals surface area contributed by atoms with Gasteiger partial charge >= 0.3 is 0 Å². The summed E-state index contributed by atoms with van der Waals surface area (Å²) in [7, 11) is 7.60. The minimum absolute atomic E-state index is 0. The quantitative estimate of drug-likeness (QED) is 0.368. The molecule has 148 valence electrons. The van der Waals surface area contributed by atoms with Crippen molar-refractivity contribution in [3.05, 3.63) is 52.8 Å². The number of guanidine groups is 1. The fourth-order valence-electron chi connectivity index (χ4n) is 3.45. The summed E-state index contributed by atoms with van der Waals surface area (Å²) >= 11 is 6.09. The molecule has 1 aromatic heterocycles. The highest BCUT2D eigenvalue weighted by Crippen LogP contribution is 2.50. The van der Waals surface area contributed by atoms with Crippen LogP contribution in [0.2, 0.25) is 5.02 Å². The fourth-order valence-corrected chi connectivity index (χ4v) is 3.72. The summed E-state index contributed by atoms with van der Waals surface area (Å²) in [5, 5.41) is 4.30. The molecule has 1 fully saturated rings. The first kappa shape index (κ1) is 21.9. The van der Waals surface area contributed by atoms with Gasteiger partial charge in [-0.3, -0.25) is 4.99 Å². The van der Waals surface area contributed by atoms with Gasteiger partial charge in [-0.1, -0.05) is 29.8 Å². The molecule has 7 heteroatoms. The molecule has 1 saturated carbocycles. The van der Waals surface area contributed by atoms with Crippen molar-refractivity contribution in [2.45, 2.75) is 24.8 Å². The van der Waals surface area contributed by atoms with Gasteiger partial charge in [0.25, 0.3) is 0 Å². The van der Waals surface area contributed by atoms with Crippen LogP contribution in [-0.4, -0.2) is 43.2 Å². The van der Waals surface area contributed by atoms with Gasteiger partial charge in [-0.05, 0) is 25.0 Å². The minimum Gasteiger partial charge on any atom is -0.496 e. The number of nitrogens with one attached hydrogen (secondary N) is 1. The van der Waals surface area contributed by atoms with E-state index in [2.05, 4.69) is 27.3 Å². The summed E-state index contributed by atoms with van der Waals surface area (Å²) in [5.74, 6) is 1.84. The second-order valence-corrected chi connectivity index (χ2v) is 7.43. The summed E-state index contributed by atoms with van der Waals surface area (Å²) in [6.07, 6.45) is 4.24. The summed E-state index contributed by atoms with van der Waals surface area (Å²) < 4.78 is 7.61. The number of para-hydroxylation sites is 1. The molecule has 0 atom stereocenters. The molecule has 2 aromatic rings. The average molecular weight is 503 g/mol. The molecule has 0 unspecified atom stereocenters. The Hall–Kier alpha value is -1.41. The molecule has 0 bridgehead atoms. The Morgan fingerprint density at radius 3 is 2.63 bits per heavy atom. The predicted molar refractivity (Wildman–Crippen MR) is 123 cm³/mol. The lowest BCUT2D eigenvalue weighted by atomic mass is 9.95. The minimum atomic E-state index is 0. The summed E-state index contributed by atoms with van der Waals surface area (Å²) in [4.78, 5) is 6.56. The Bertz CT molecular complexity index is 801. The predicted octanol–water partition coefficient (Wildman–Crippen LogP) is 4.04. The van der Waals surface area contributed by atoms with Crippen molar-refractivity contribution in [2.24, 2.45) is 12.0 Å². The van der Waals surface area contributed by atoms with E-state index in [0.29, 0.717) is 0 Å². The largest absolute Gasteiger partial charge is 0.496 e. The van der Waals surface area contributed by atoms with E-state index in [4.69, 9.17) is 16.3 Å². The van der Waals surface area contributed by atoms with Crippen molar-refractivity contribution in [2.75, 3.05) is 27.7 Å². The topological polar surface area (TPSA) is 41.8 Å². The van der Waals surface area contributed by atoms with E-state index in [0.717, 1.165) is 48.4 Å². The van der Waals surface area contributed by atoms with Gasteiger partial charge < -0.3 is 19.5 Å². The van der Waals surface area contributed by atoms with Gasteiger partial charge in [0.15, 0.2) is 5.96 Å². The number of hydrogen-bond donors (Lipinski definition) is 1. The van der Waals surface area contributed by atoms with E-state index in [1.807, 2.05) is 50.1 Å². The first-order chi connectivity index (χ1) is 12.5. The van der Waals surface area contributed by atoms with Crippen LogP contribution in [0, 0.1) is 0 Å². The van der Waals surface area contributed by atoms with E-state index in [-0.39, 0.29) is 29.4 Å². The van der Waals surface area contributed by atoms with Crippen LogP contribution >= 0.6 is 35.6 Å². The van der Waals surface area contributed by atoms with Crippen molar-refractivity contribution in [3.8, 4) is 5.75 Å². The zero-order chi connectivity index (χ0) is 18.7. The molecular weight excluding hydrogens is 475 g/mol. The van der Waals surface area contributed by atoms with E-state index in [9.17, 15) is 0 Å². The van der Waals surface area contributed by atoms with Gasteiger partial charge in [-0.25, -0.2) is 0 Å². The van der Waals surface area contributed by atoms with Crippen LogP contribution in [0.25, 0.3) is 0 Å². The molecule has 0 saturated heterocycles. The molecule has 5 nitrogen and oxygen atoms in total. The molecular formula is C20H28ClIN4O. The van der Waals surface area contributed by atoms with E-state index in [1.54, 1.807) is 7.11 Å². The summed E-state index contributed by atoms with van der Waals surface area (Å²) in [6, 6.07) is 10.3. The zero-order valence-electron chi connectivity index (χ0n) is 16.3. The monoisotopic (exact) mass is 502 g/mol. The number of aliphatic imine (C=N–C) groups is 1. The maximum Gasteiger partial charge on any atom is 0.193 e. The third-order valence-electron chi connectivity index (χ3n) is 5.16. The van der Waals surface area contributed by atoms with Crippen molar-refractivity contribution in [1.29, 1.82) is 0 Å². The van der Waals surface area contributed by atoms with Crippen molar-refractivity contribution in [1.82, 2.24) is 14.8 Å². The number of aryl methyl sites for hydroxylation is 1. The molecule has 0 aliphatic heterocycles. The molecule has 0 amide bonds. The Kier molecular flexibility index (Phi) is 7.45. The number of methoxy groups -OCH3 is 1. The second kappa shape index (κ2) is 9.19. The van der Waals surface area contributed by atoms with Crippen molar-refractivity contribution in [3.63, 3.8) is 0 Å². The highest BCUT2D eigenvalue weighted by atomic mass is 127. The van der Waals surface area contributed by atoms with Gasteiger partial charge in [-0.15, -0.1) is 24.0 Å². The van der Waals surface area contributed by atoms with Gasteiger partial charge in [0.2, 0.25) is 0 Å². The third-order valence-corrected chi connectivity index (χ3v) is 5.37. The first-order valence-corrected chi connectivity index (χ1v) is 9.23. The summed E-state index contributed by atoms with van der Waals surface area (Å²) in [5.41, 5.74) is 2.56. The van der Waals surface area contributed by atoms with Crippen LogP contribution in [0.4, 0.5) is 0 Å².